The molecule has 0 aliphatic heterocycles. The number of hydrogen-bond donors (Lipinski definition) is 0. The van der Waals surface area contributed by atoms with Crippen molar-refractivity contribution in [1.82, 2.24) is 9.88 Å². The average molecular weight is 335 g/mol. The lowest BCUT2D eigenvalue weighted by Gasteiger charge is -2.26. The molecule has 120 valence electrons. The number of anilines is 1. The number of amides is 2. The zero-order valence-electron chi connectivity index (χ0n) is 13.5. The normalized spacial score (nSPS) is 10.4. The Morgan fingerprint density at radius 2 is 1.62 bits per heavy atom. The molecule has 2 amide bonds. The molecule has 0 spiro atoms. The Kier molecular flexibility index (Phi) is 4.53. The van der Waals surface area contributed by atoms with Gasteiger partial charge in [-0.2, -0.15) is 0 Å². The van der Waals surface area contributed by atoms with Gasteiger partial charge in [0.15, 0.2) is 0 Å². The van der Waals surface area contributed by atoms with Gasteiger partial charge in [-0.05, 0) is 23.6 Å². The summed E-state index contributed by atoms with van der Waals surface area (Å²) in [6, 6.07) is 19.0. The van der Waals surface area contributed by atoms with Gasteiger partial charge in [-0.1, -0.05) is 54.7 Å². The van der Waals surface area contributed by atoms with Gasteiger partial charge in [0.25, 0.3) is 0 Å². The molecule has 5 heteroatoms. The number of rotatable bonds is 2. The molecule has 0 N–H and O–H groups in total. The third-order valence-electron chi connectivity index (χ3n) is 3.67. The van der Waals surface area contributed by atoms with Crippen molar-refractivity contribution in [2.45, 2.75) is 0 Å². The molecule has 0 saturated carbocycles. The topological polar surface area (TPSA) is 36.4 Å². The number of nitrogens with zero attached hydrogens (tertiary/aromatic N) is 3. The summed E-state index contributed by atoms with van der Waals surface area (Å²) in [7, 11) is 3.41. The van der Waals surface area contributed by atoms with Crippen molar-refractivity contribution in [2.75, 3.05) is 19.0 Å². The van der Waals surface area contributed by atoms with Crippen LogP contribution in [-0.4, -0.2) is 35.0 Å². The van der Waals surface area contributed by atoms with E-state index in [1.54, 1.807) is 20.3 Å². The molecule has 0 aliphatic carbocycles. The predicted molar refractivity (Wildman–Crippen MR) is 101 cm³/mol. The number of urea groups is 1. The van der Waals surface area contributed by atoms with Crippen LogP contribution in [0.4, 0.5) is 10.5 Å². The first kappa shape index (κ1) is 16.1. The molecule has 24 heavy (non-hydrogen) atoms. The molecule has 0 unspecified atom stereocenters. The molecule has 4 nitrogen and oxygen atoms in total. The molecular weight excluding hydrogens is 318 g/mol. The van der Waals surface area contributed by atoms with Crippen molar-refractivity contribution < 1.29 is 4.79 Å². The van der Waals surface area contributed by atoms with E-state index in [1.165, 1.54) is 9.80 Å². The summed E-state index contributed by atoms with van der Waals surface area (Å²) in [6.45, 7) is 0. The molecule has 0 fully saturated rings. The van der Waals surface area contributed by atoms with Gasteiger partial charge in [0.2, 0.25) is 0 Å². The van der Waals surface area contributed by atoms with Gasteiger partial charge in [-0.15, -0.1) is 0 Å². The van der Waals surface area contributed by atoms with E-state index in [0.29, 0.717) is 10.7 Å². The van der Waals surface area contributed by atoms with Gasteiger partial charge >= 0.3 is 6.03 Å². The fraction of sp³-hybridized carbons (Fsp3) is 0.105. The molecule has 1 aromatic heterocycles. The van der Waals surface area contributed by atoms with Crippen molar-refractivity contribution >= 4 is 39.7 Å². The second-order valence-electron chi connectivity index (χ2n) is 5.53. The van der Waals surface area contributed by atoms with Gasteiger partial charge in [0.05, 0.1) is 5.69 Å². The minimum Gasteiger partial charge on any atom is -0.330 e. The van der Waals surface area contributed by atoms with Gasteiger partial charge in [-0.3, -0.25) is 9.88 Å². The summed E-state index contributed by atoms with van der Waals surface area (Å²) in [5.41, 5.74) is 1.35. The van der Waals surface area contributed by atoms with Crippen molar-refractivity contribution in [2.24, 2.45) is 0 Å². The molecule has 0 aliphatic rings. The van der Waals surface area contributed by atoms with E-state index in [-0.39, 0.29) is 6.03 Å². The fourth-order valence-electron chi connectivity index (χ4n) is 2.49. The lowest BCUT2D eigenvalue weighted by Crippen LogP contribution is -2.43. The van der Waals surface area contributed by atoms with Gasteiger partial charge < -0.3 is 4.90 Å². The Labute approximate surface area is 146 Å². The Bertz CT molecular complexity index is 888. The van der Waals surface area contributed by atoms with Gasteiger partial charge in [0, 0.05) is 25.7 Å². The van der Waals surface area contributed by atoms with Gasteiger partial charge in [-0.25, -0.2) is 4.79 Å². The molecule has 1 heterocycles. The monoisotopic (exact) mass is 335 g/mol. The number of benzene rings is 2. The highest BCUT2D eigenvalue weighted by Gasteiger charge is 2.24. The molecule has 3 aromatic rings. The summed E-state index contributed by atoms with van der Waals surface area (Å²) in [5, 5.41) is 1.97. The summed E-state index contributed by atoms with van der Waals surface area (Å²) in [6.07, 6.45) is 1.72. The number of pyridine rings is 1. The van der Waals surface area contributed by atoms with E-state index in [0.717, 1.165) is 16.5 Å². The van der Waals surface area contributed by atoms with Crippen LogP contribution in [0, 0.1) is 0 Å². The Balaban J connectivity index is 2.14. The number of para-hydroxylation sites is 1. The van der Waals surface area contributed by atoms with Crippen molar-refractivity contribution in [3.05, 3.63) is 72.6 Å². The van der Waals surface area contributed by atoms with E-state index in [2.05, 4.69) is 4.98 Å². The fourth-order valence-corrected chi connectivity index (χ4v) is 2.83. The molecule has 0 bridgehead atoms. The highest BCUT2D eigenvalue weighted by molar-refractivity contribution is 7.81. The maximum atomic E-state index is 12.7. The number of hydrogen-bond acceptors (Lipinski definition) is 3. The van der Waals surface area contributed by atoms with Crippen LogP contribution in [0.15, 0.2) is 66.9 Å². The van der Waals surface area contributed by atoms with Crippen LogP contribution in [0.25, 0.3) is 10.8 Å². The van der Waals surface area contributed by atoms with Gasteiger partial charge in [0.1, 0.15) is 10.7 Å². The number of thiocarbonyl (C=S) groups is 1. The van der Waals surface area contributed by atoms with Crippen molar-refractivity contribution in [1.29, 1.82) is 0 Å². The quantitative estimate of drug-likeness (QED) is 0.662. The number of fused-ring (bicyclic) bond motifs is 1. The third-order valence-corrected chi connectivity index (χ3v) is 4.04. The Morgan fingerprint density at radius 1 is 0.958 bits per heavy atom. The molecule has 0 saturated heterocycles. The summed E-state index contributed by atoms with van der Waals surface area (Å²) < 4.78 is 0. The SMILES string of the molecule is CN(C)C(=O)N(C(=S)c1nccc2ccccc12)c1ccccc1. The maximum Gasteiger partial charge on any atom is 0.329 e. The second-order valence-corrected chi connectivity index (χ2v) is 5.92. The lowest BCUT2D eigenvalue weighted by atomic mass is 10.1. The van der Waals surface area contributed by atoms with Crippen LogP contribution in [0.3, 0.4) is 0 Å². The van der Waals surface area contributed by atoms with Crippen LogP contribution in [0.1, 0.15) is 5.69 Å². The molecule has 0 radical (unpaired) electrons. The van der Waals surface area contributed by atoms with E-state index in [1.807, 2.05) is 60.7 Å². The second kappa shape index (κ2) is 6.76. The first-order valence-electron chi connectivity index (χ1n) is 7.54. The highest BCUT2D eigenvalue weighted by Crippen LogP contribution is 2.23. The van der Waals surface area contributed by atoms with E-state index < -0.39 is 0 Å². The number of carbonyl (C=O) groups excluding carboxylic acids is 1. The van der Waals surface area contributed by atoms with Crippen LogP contribution in [0.5, 0.6) is 0 Å². The summed E-state index contributed by atoms with van der Waals surface area (Å²) >= 11 is 5.66. The van der Waals surface area contributed by atoms with E-state index in [9.17, 15) is 4.79 Å². The Hall–Kier alpha value is -2.79. The van der Waals surface area contributed by atoms with Crippen molar-refractivity contribution in [3.63, 3.8) is 0 Å². The van der Waals surface area contributed by atoms with E-state index in [4.69, 9.17) is 12.2 Å². The summed E-state index contributed by atoms with van der Waals surface area (Å²) in [4.78, 5) is 20.6. The molecule has 3 rings (SSSR count). The maximum absolute atomic E-state index is 12.7. The lowest BCUT2D eigenvalue weighted by molar-refractivity contribution is 0.227. The van der Waals surface area contributed by atoms with Crippen LogP contribution in [0.2, 0.25) is 0 Å². The van der Waals surface area contributed by atoms with Crippen LogP contribution in [-0.2, 0) is 0 Å². The van der Waals surface area contributed by atoms with Crippen molar-refractivity contribution in [3.8, 4) is 0 Å². The van der Waals surface area contributed by atoms with Crippen LogP contribution >= 0.6 is 12.2 Å². The largest absolute Gasteiger partial charge is 0.330 e. The minimum atomic E-state index is -0.207. The smallest absolute Gasteiger partial charge is 0.329 e. The average Bonchev–Trinajstić information content (AvgIpc) is 2.62. The zero-order chi connectivity index (χ0) is 17.1. The number of aromatic nitrogens is 1. The molecule has 0 atom stereocenters. The third kappa shape index (κ3) is 2.98. The minimum absolute atomic E-state index is 0.207. The Morgan fingerprint density at radius 3 is 2.33 bits per heavy atom. The highest BCUT2D eigenvalue weighted by atomic mass is 32.1. The predicted octanol–water partition coefficient (Wildman–Crippen LogP) is 4.10. The first-order chi connectivity index (χ1) is 11.6. The van der Waals surface area contributed by atoms with E-state index >= 15 is 0 Å². The first-order valence-corrected chi connectivity index (χ1v) is 7.95. The summed E-state index contributed by atoms with van der Waals surface area (Å²) in [5.74, 6) is 0. The molecular formula is C19H17N3OS. The van der Waals surface area contributed by atoms with Crippen LogP contribution < -0.4 is 4.90 Å². The standard InChI is InChI=1S/C19H17N3OS/c1-21(2)19(23)22(15-9-4-3-5-10-15)18(24)17-16-11-7-6-8-14(16)12-13-20-17/h3-13H,1-2H3. The number of carbonyl (C=O) groups is 1. The zero-order valence-corrected chi connectivity index (χ0v) is 14.3. The molecule has 2 aromatic carbocycles.